The number of carbonyl (C=O) groups is 1. The van der Waals surface area contributed by atoms with Gasteiger partial charge in [-0.2, -0.15) is 0 Å². The van der Waals surface area contributed by atoms with Gasteiger partial charge in [-0.15, -0.1) is 0 Å². The third-order valence-corrected chi connectivity index (χ3v) is 6.27. The van der Waals surface area contributed by atoms with E-state index in [2.05, 4.69) is 65.6 Å². The molecule has 1 unspecified atom stereocenters. The molecule has 0 radical (unpaired) electrons. The molecule has 2 heterocycles. The Balaban J connectivity index is 1.46. The van der Waals surface area contributed by atoms with Crippen molar-refractivity contribution in [3.8, 4) is 0 Å². The van der Waals surface area contributed by atoms with Gasteiger partial charge < -0.3 is 25.2 Å². The molecule has 1 atom stereocenters. The van der Waals surface area contributed by atoms with Crippen molar-refractivity contribution in [2.75, 3.05) is 53.0 Å². The number of morpholine rings is 1. The molecule has 0 aliphatic carbocycles. The Hall–Kier alpha value is -2.12. The Kier molecular flexibility index (Phi) is 8.32. The number of aliphatic imine (C=N–C) groups is 1. The zero-order chi connectivity index (χ0) is 22.3. The molecular formula is C24H39N5O2. The van der Waals surface area contributed by atoms with Gasteiger partial charge in [0.25, 0.3) is 0 Å². The minimum absolute atomic E-state index is 0.101. The molecule has 2 N–H and O–H groups in total. The van der Waals surface area contributed by atoms with Crippen molar-refractivity contribution in [1.82, 2.24) is 20.4 Å². The van der Waals surface area contributed by atoms with Crippen LogP contribution in [-0.4, -0.2) is 80.2 Å². The summed E-state index contributed by atoms with van der Waals surface area (Å²) in [6.45, 7) is 11.9. The molecule has 31 heavy (non-hydrogen) atoms. The largest absolute Gasteiger partial charge is 0.378 e. The lowest BCUT2D eigenvalue weighted by atomic mass is 9.95. The molecule has 0 bridgehead atoms. The maximum absolute atomic E-state index is 12.8. The standard InChI is InChI=1S/C24H39N5O2/c1-19(20-8-6-5-7-9-20)27-24(2,3)18-26-23(25-4)29-12-10-21(11-13-29)22(30)28-14-16-31-17-15-28/h5-9,19,21,27H,10-18H2,1-4H3,(H,25,26). The van der Waals surface area contributed by atoms with Crippen molar-refractivity contribution in [3.63, 3.8) is 0 Å². The third kappa shape index (κ3) is 6.68. The summed E-state index contributed by atoms with van der Waals surface area (Å²) in [6.07, 6.45) is 1.76. The van der Waals surface area contributed by atoms with E-state index in [1.807, 2.05) is 18.0 Å². The maximum Gasteiger partial charge on any atom is 0.225 e. The predicted octanol–water partition coefficient (Wildman–Crippen LogP) is 2.26. The Bertz CT molecular complexity index is 723. The van der Waals surface area contributed by atoms with E-state index in [0.717, 1.165) is 51.5 Å². The highest BCUT2D eigenvalue weighted by Crippen LogP contribution is 2.21. The van der Waals surface area contributed by atoms with E-state index in [1.54, 1.807) is 0 Å². The van der Waals surface area contributed by atoms with Crippen LogP contribution in [-0.2, 0) is 9.53 Å². The van der Waals surface area contributed by atoms with Gasteiger partial charge >= 0.3 is 0 Å². The molecule has 3 rings (SSSR count). The zero-order valence-corrected chi connectivity index (χ0v) is 19.6. The maximum atomic E-state index is 12.8. The summed E-state index contributed by atoms with van der Waals surface area (Å²) < 4.78 is 5.37. The molecule has 2 saturated heterocycles. The smallest absolute Gasteiger partial charge is 0.225 e. The second kappa shape index (κ2) is 11.0. The lowest BCUT2D eigenvalue weighted by Gasteiger charge is -2.38. The van der Waals surface area contributed by atoms with Crippen LogP contribution in [0.4, 0.5) is 0 Å². The van der Waals surface area contributed by atoms with E-state index in [1.165, 1.54) is 5.56 Å². The van der Waals surface area contributed by atoms with Crippen LogP contribution in [0.1, 0.15) is 45.2 Å². The van der Waals surface area contributed by atoms with E-state index in [-0.39, 0.29) is 17.5 Å². The van der Waals surface area contributed by atoms with Crippen LogP contribution in [0.3, 0.4) is 0 Å². The Morgan fingerprint density at radius 1 is 1.13 bits per heavy atom. The molecular weight excluding hydrogens is 390 g/mol. The van der Waals surface area contributed by atoms with Crippen LogP contribution in [0, 0.1) is 5.92 Å². The van der Waals surface area contributed by atoms with E-state index >= 15 is 0 Å². The van der Waals surface area contributed by atoms with Crippen LogP contribution in [0.15, 0.2) is 35.3 Å². The molecule has 2 aliphatic rings. The number of hydrogen-bond acceptors (Lipinski definition) is 4. The first-order valence-corrected chi connectivity index (χ1v) is 11.5. The average molecular weight is 430 g/mol. The van der Waals surface area contributed by atoms with Crippen LogP contribution < -0.4 is 10.6 Å². The van der Waals surface area contributed by atoms with Crippen LogP contribution >= 0.6 is 0 Å². The van der Waals surface area contributed by atoms with Crippen LogP contribution in [0.2, 0.25) is 0 Å². The Morgan fingerprint density at radius 2 is 1.77 bits per heavy atom. The molecule has 2 fully saturated rings. The normalized spacial score (nSPS) is 19.9. The summed E-state index contributed by atoms with van der Waals surface area (Å²) in [4.78, 5) is 21.5. The van der Waals surface area contributed by atoms with Crippen molar-refractivity contribution in [2.24, 2.45) is 10.9 Å². The van der Waals surface area contributed by atoms with Gasteiger partial charge in [-0.3, -0.25) is 9.79 Å². The topological polar surface area (TPSA) is 69.2 Å². The van der Waals surface area contributed by atoms with Gasteiger partial charge in [-0.25, -0.2) is 0 Å². The van der Waals surface area contributed by atoms with Gasteiger partial charge in [-0.05, 0) is 39.2 Å². The molecule has 0 spiro atoms. The average Bonchev–Trinajstić information content (AvgIpc) is 2.80. The highest BCUT2D eigenvalue weighted by molar-refractivity contribution is 5.81. The van der Waals surface area contributed by atoms with Crippen molar-refractivity contribution in [2.45, 2.75) is 45.2 Å². The Morgan fingerprint density at radius 3 is 2.39 bits per heavy atom. The van der Waals surface area contributed by atoms with Gasteiger partial charge in [0.15, 0.2) is 5.96 Å². The minimum atomic E-state index is -0.101. The van der Waals surface area contributed by atoms with E-state index in [0.29, 0.717) is 19.1 Å². The van der Waals surface area contributed by atoms with Gasteiger partial charge in [0.05, 0.1) is 13.2 Å². The van der Waals surface area contributed by atoms with E-state index in [9.17, 15) is 4.79 Å². The van der Waals surface area contributed by atoms with Crippen LogP contribution in [0.5, 0.6) is 0 Å². The fourth-order valence-electron chi connectivity index (χ4n) is 4.47. The SMILES string of the molecule is CN=C(NCC(C)(C)NC(C)c1ccccc1)N1CCC(C(=O)N2CCOCC2)CC1. The molecule has 0 saturated carbocycles. The number of carbonyl (C=O) groups excluding carboxylic acids is 1. The van der Waals surface area contributed by atoms with Crippen molar-refractivity contribution in [3.05, 3.63) is 35.9 Å². The number of ether oxygens (including phenoxy) is 1. The molecule has 7 nitrogen and oxygen atoms in total. The molecule has 1 aromatic rings. The Labute approximate surface area is 187 Å². The summed E-state index contributed by atoms with van der Waals surface area (Å²) in [5.74, 6) is 1.34. The minimum Gasteiger partial charge on any atom is -0.378 e. The molecule has 2 aliphatic heterocycles. The number of likely N-dealkylation sites (tertiary alicyclic amines) is 1. The number of piperidine rings is 1. The highest BCUT2D eigenvalue weighted by atomic mass is 16.5. The monoisotopic (exact) mass is 429 g/mol. The highest BCUT2D eigenvalue weighted by Gasteiger charge is 2.31. The molecule has 7 heteroatoms. The zero-order valence-electron chi connectivity index (χ0n) is 19.6. The summed E-state index contributed by atoms with van der Waals surface area (Å²) >= 11 is 0. The summed E-state index contributed by atoms with van der Waals surface area (Å²) in [5, 5.41) is 7.26. The van der Waals surface area contributed by atoms with Gasteiger partial charge in [0.1, 0.15) is 0 Å². The van der Waals surface area contributed by atoms with Crippen molar-refractivity contribution < 1.29 is 9.53 Å². The second-order valence-corrected chi connectivity index (χ2v) is 9.26. The summed E-state index contributed by atoms with van der Waals surface area (Å²) in [6, 6.07) is 10.8. The number of benzene rings is 1. The van der Waals surface area contributed by atoms with Crippen molar-refractivity contribution >= 4 is 11.9 Å². The first-order valence-electron chi connectivity index (χ1n) is 11.5. The number of guanidine groups is 1. The summed E-state index contributed by atoms with van der Waals surface area (Å²) in [7, 11) is 1.83. The molecule has 172 valence electrons. The lowest BCUT2D eigenvalue weighted by Crippen LogP contribution is -2.54. The number of amides is 1. The summed E-state index contributed by atoms with van der Waals surface area (Å²) in [5.41, 5.74) is 1.18. The second-order valence-electron chi connectivity index (χ2n) is 9.26. The molecule has 0 aromatic heterocycles. The fourth-order valence-corrected chi connectivity index (χ4v) is 4.47. The lowest BCUT2D eigenvalue weighted by molar-refractivity contribution is -0.140. The number of nitrogens with one attached hydrogen (secondary N) is 2. The van der Waals surface area contributed by atoms with Crippen molar-refractivity contribution in [1.29, 1.82) is 0 Å². The first kappa shape index (κ1) is 23.5. The third-order valence-electron chi connectivity index (χ3n) is 6.27. The number of nitrogens with zero attached hydrogens (tertiary/aromatic N) is 3. The molecule has 1 aromatic carbocycles. The van der Waals surface area contributed by atoms with E-state index < -0.39 is 0 Å². The van der Waals surface area contributed by atoms with Gasteiger partial charge in [0, 0.05) is 57.3 Å². The predicted molar refractivity (Wildman–Crippen MR) is 125 cm³/mol. The molecule has 1 amide bonds. The van der Waals surface area contributed by atoms with E-state index in [4.69, 9.17) is 4.74 Å². The van der Waals surface area contributed by atoms with Gasteiger partial charge in [-0.1, -0.05) is 30.3 Å². The van der Waals surface area contributed by atoms with Crippen LogP contribution in [0.25, 0.3) is 0 Å². The number of rotatable bonds is 6. The van der Waals surface area contributed by atoms with Gasteiger partial charge in [0.2, 0.25) is 5.91 Å². The number of hydrogen-bond donors (Lipinski definition) is 2. The first-order chi connectivity index (χ1) is 14.9. The fraction of sp³-hybridized carbons (Fsp3) is 0.667. The quantitative estimate of drug-likeness (QED) is 0.536.